The van der Waals surface area contributed by atoms with Gasteiger partial charge in [-0.25, -0.2) is 15.0 Å². The third-order valence-electron chi connectivity index (χ3n) is 12.8. The second kappa shape index (κ2) is 10.5. The summed E-state index contributed by atoms with van der Waals surface area (Å²) < 4.78 is 7.32. The maximum absolute atomic E-state index is 14.7. The lowest BCUT2D eigenvalue weighted by molar-refractivity contribution is -0.177. The minimum absolute atomic E-state index is 0.0115. The molecule has 5 saturated carbocycles. The first-order chi connectivity index (χ1) is 24.6. The molecule has 4 aromatic rings. The molecular weight excluding hydrogens is 652 g/mol. The van der Waals surface area contributed by atoms with Crippen LogP contribution in [-0.2, 0) is 4.79 Å². The quantitative estimate of drug-likeness (QED) is 0.292. The fraction of sp³-hybridized carbons (Fsp3) is 0.556. The maximum atomic E-state index is 14.7. The van der Waals surface area contributed by atoms with Crippen LogP contribution in [0, 0.1) is 18.3 Å². The van der Waals surface area contributed by atoms with E-state index in [9.17, 15) is 19.5 Å². The molecule has 6 fully saturated rings. The first-order valence-electron chi connectivity index (χ1n) is 18.1. The fourth-order valence-electron chi connectivity index (χ4n) is 10.2. The third kappa shape index (κ3) is 4.29. The summed E-state index contributed by atoms with van der Waals surface area (Å²) in [5.74, 6) is 0.525. The molecule has 4 atom stereocenters. The molecule has 264 valence electrons. The summed E-state index contributed by atoms with van der Waals surface area (Å²) in [7, 11) is 1.53. The Morgan fingerprint density at radius 2 is 1.82 bits per heavy atom. The number of nitrogens with zero attached hydrogens (tertiary/aromatic N) is 9. The van der Waals surface area contributed by atoms with Crippen LogP contribution in [0.15, 0.2) is 29.5 Å². The predicted octanol–water partition coefficient (Wildman–Crippen LogP) is 2.78. The molecule has 0 radical (unpaired) electrons. The van der Waals surface area contributed by atoms with Gasteiger partial charge < -0.3 is 29.5 Å². The van der Waals surface area contributed by atoms with Gasteiger partial charge >= 0.3 is 0 Å². The highest BCUT2D eigenvalue weighted by Gasteiger charge is 2.72. The number of carbonyl (C=O) groups excluding carboxylic acids is 2. The highest BCUT2D eigenvalue weighted by Crippen LogP contribution is 2.75. The summed E-state index contributed by atoms with van der Waals surface area (Å²) in [6, 6.07) is 2.60. The molecule has 2 amide bonds. The number of aromatic hydroxyl groups is 1. The van der Waals surface area contributed by atoms with Crippen LogP contribution in [0.5, 0.6) is 11.6 Å². The zero-order chi connectivity index (χ0) is 35.0. The second-order valence-corrected chi connectivity index (χ2v) is 15.8. The lowest BCUT2D eigenvalue weighted by atomic mass is 9.37. The van der Waals surface area contributed by atoms with Gasteiger partial charge in [-0.2, -0.15) is 0 Å². The number of piperazine rings is 1. The highest BCUT2D eigenvalue weighted by atomic mass is 16.5. The van der Waals surface area contributed by atoms with E-state index in [1.165, 1.54) is 31.1 Å². The van der Waals surface area contributed by atoms with E-state index in [1.807, 2.05) is 4.57 Å². The number of ether oxygens (including phenoxy) is 1. The number of aryl methyl sites for hydroxylation is 1. The largest absolute Gasteiger partial charge is 0.504 e. The van der Waals surface area contributed by atoms with E-state index in [0.717, 1.165) is 43.7 Å². The predicted molar refractivity (Wildman–Crippen MR) is 183 cm³/mol. The zero-order valence-electron chi connectivity index (χ0n) is 28.9. The van der Waals surface area contributed by atoms with Crippen molar-refractivity contribution < 1.29 is 19.4 Å². The van der Waals surface area contributed by atoms with Gasteiger partial charge in [0, 0.05) is 42.9 Å². The van der Waals surface area contributed by atoms with Crippen LogP contribution in [0.4, 0.5) is 5.69 Å². The zero-order valence-corrected chi connectivity index (χ0v) is 28.9. The lowest BCUT2D eigenvalue weighted by Crippen LogP contribution is -2.75. The van der Waals surface area contributed by atoms with E-state index in [0.29, 0.717) is 53.5 Å². The molecule has 15 heteroatoms. The lowest BCUT2D eigenvalue weighted by Gasteiger charge is -2.71. The molecule has 7 aliphatic rings. The van der Waals surface area contributed by atoms with Crippen LogP contribution >= 0.6 is 0 Å². The Bertz CT molecular complexity index is 2210. The molecule has 1 saturated heterocycles. The number of pyridine rings is 2. The van der Waals surface area contributed by atoms with Gasteiger partial charge in [-0.1, -0.05) is 6.92 Å². The average molecular weight is 693 g/mol. The normalized spacial score (nSPS) is 30.2. The Morgan fingerprint density at radius 3 is 2.55 bits per heavy atom. The Kier molecular flexibility index (Phi) is 6.31. The molecule has 2 N–H and O–H groups in total. The Labute approximate surface area is 293 Å². The summed E-state index contributed by atoms with van der Waals surface area (Å²) in [5.41, 5.74) is 2.88. The van der Waals surface area contributed by atoms with Gasteiger partial charge in [0.1, 0.15) is 18.1 Å². The number of fused-ring (bicyclic) bond motifs is 4. The van der Waals surface area contributed by atoms with Crippen molar-refractivity contribution >= 4 is 28.7 Å². The van der Waals surface area contributed by atoms with Crippen LogP contribution in [0.2, 0.25) is 0 Å². The van der Waals surface area contributed by atoms with Crippen LogP contribution < -0.4 is 20.4 Å². The maximum Gasteiger partial charge on any atom is 0.276 e. The van der Waals surface area contributed by atoms with Crippen molar-refractivity contribution in [3.05, 3.63) is 52.0 Å². The van der Waals surface area contributed by atoms with Gasteiger partial charge in [0.25, 0.3) is 5.91 Å². The number of methoxy groups -OCH3 is 1. The molecule has 11 rings (SSSR count). The van der Waals surface area contributed by atoms with Gasteiger partial charge in [-0.15, -0.1) is 15.0 Å². The minimum Gasteiger partial charge on any atom is -0.504 e. The summed E-state index contributed by atoms with van der Waals surface area (Å²) in [5, 5.41) is 23.7. The number of carbonyl (C=O) groups is 2. The van der Waals surface area contributed by atoms with Crippen molar-refractivity contribution in [2.24, 2.45) is 11.3 Å². The van der Waals surface area contributed by atoms with E-state index in [4.69, 9.17) is 14.9 Å². The van der Waals surface area contributed by atoms with Gasteiger partial charge in [-0.3, -0.25) is 14.4 Å². The number of hydrogen-bond donors (Lipinski definition) is 2. The van der Waals surface area contributed by atoms with Crippen LogP contribution in [0.1, 0.15) is 92.1 Å². The number of hydrogen-bond acceptors (Lipinski definition) is 11. The van der Waals surface area contributed by atoms with Crippen LogP contribution in [-0.4, -0.2) is 94.2 Å². The molecule has 0 spiro atoms. The van der Waals surface area contributed by atoms with Gasteiger partial charge in [0.2, 0.25) is 17.2 Å². The standard InChI is InChI=1S/C36H40N10O5/c1-18-12-24(33(49)40-36-14-35(15-36,16-36)20-4-5-20)45-28(18)29(31(48)26-32(45)42-46(41-26)21-8-9-37-25(13-21)51-3)43-10-11-44(23-7-6-22(23)43)34(50)27-30(47)19(2)38-17-39-27/h8-9,13,17-18,20,22-24,47H,4-7,10-12,14-16H2,1-3H3,(H,40,49)/t18-,22-,23-,24-,35?,36?/m0/s1. The molecule has 15 nitrogen and oxygen atoms in total. The SMILES string of the molecule is COc1cc(-n2nc3c(=O)c(N4CCN(C(=O)c5ncnc(C)c5O)[C@H]5CC[C@@H]54)c4n(c3n2)[C@H](C(=O)NC23CC(C5CC5)(C2)C3)C[C@@H]4C)ccn1. The van der Waals surface area contributed by atoms with Crippen molar-refractivity contribution in [1.29, 1.82) is 0 Å². The van der Waals surface area contributed by atoms with Crippen molar-refractivity contribution in [3.63, 3.8) is 0 Å². The monoisotopic (exact) mass is 692 g/mol. The average Bonchev–Trinajstić information content (AvgIpc) is 3.72. The highest BCUT2D eigenvalue weighted by molar-refractivity contribution is 5.95. The molecule has 2 aliphatic heterocycles. The molecule has 0 aromatic carbocycles. The Hall–Kier alpha value is -5.08. The minimum atomic E-state index is -0.552. The van der Waals surface area contributed by atoms with E-state index in [-0.39, 0.29) is 57.7 Å². The van der Waals surface area contributed by atoms with Crippen LogP contribution in [0.25, 0.3) is 16.9 Å². The Morgan fingerprint density at radius 1 is 1.04 bits per heavy atom. The second-order valence-electron chi connectivity index (χ2n) is 15.8. The van der Waals surface area contributed by atoms with E-state index < -0.39 is 6.04 Å². The molecule has 2 bridgehead atoms. The topological polar surface area (TPSA) is 173 Å². The van der Waals surface area contributed by atoms with Gasteiger partial charge in [0.05, 0.1) is 30.2 Å². The molecule has 51 heavy (non-hydrogen) atoms. The summed E-state index contributed by atoms with van der Waals surface area (Å²) in [4.78, 5) is 60.4. The van der Waals surface area contributed by atoms with Crippen LogP contribution in [0.3, 0.4) is 0 Å². The molecular formula is C36H40N10O5. The fourth-order valence-corrected chi connectivity index (χ4v) is 10.2. The van der Waals surface area contributed by atoms with E-state index >= 15 is 0 Å². The molecule has 5 aliphatic carbocycles. The third-order valence-corrected chi connectivity index (χ3v) is 12.8. The molecule has 0 unspecified atom stereocenters. The Balaban J connectivity index is 1.05. The van der Waals surface area contributed by atoms with Crippen molar-refractivity contribution in [3.8, 4) is 17.3 Å². The number of anilines is 1. The number of aromatic nitrogens is 7. The van der Waals surface area contributed by atoms with E-state index in [2.05, 4.69) is 32.1 Å². The molecule has 6 heterocycles. The van der Waals surface area contributed by atoms with Crippen molar-refractivity contribution in [2.45, 2.75) is 94.8 Å². The first-order valence-corrected chi connectivity index (χ1v) is 18.1. The summed E-state index contributed by atoms with van der Waals surface area (Å²) in [6.45, 7) is 4.45. The smallest absolute Gasteiger partial charge is 0.276 e. The number of rotatable bonds is 7. The number of amides is 2. The first kappa shape index (κ1) is 30.7. The van der Waals surface area contributed by atoms with Crippen molar-refractivity contribution in [1.82, 2.24) is 44.7 Å². The van der Waals surface area contributed by atoms with Gasteiger partial charge in [0.15, 0.2) is 22.6 Å². The van der Waals surface area contributed by atoms with Crippen molar-refractivity contribution in [2.75, 3.05) is 25.1 Å². The summed E-state index contributed by atoms with van der Waals surface area (Å²) >= 11 is 0. The van der Waals surface area contributed by atoms with E-state index in [1.54, 1.807) is 30.2 Å². The number of nitrogens with one attached hydrogen (secondary N) is 1. The van der Waals surface area contributed by atoms with Gasteiger partial charge in [-0.05, 0) is 75.7 Å². The summed E-state index contributed by atoms with van der Waals surface area (Å²) in [6.07, 6.45) is 10.8. The molecule has 4 aromatic heterocycles.